The molecule has 0 saturated heterocycles. The van der Waals surface area contributed by atoms with Crippen LogP contribution in [0.5, 0.6) is 0 Å². The van der Waals surface area contributed by atoms with Crippen LogP contribution in [0.4, 0.5) is 0 Å². The molecule has 0 amide bonds. The van der Waals surface area contributed by atoms with Gasteiger partial charge in [0.15, 0.2) is 5.84 Å². The number of amidine groups is 2. The molecule has 0 bridgehead atoms. The minimum Gasteiger partial charge on any atom is -0.456 e. The molecule has 1 atom stereocenters. The van der Waals surface area contributed by atoms with Crippen molar-refractivity contribution in [3.8, 4) is 22.3 Å². The normalized spacial score (nSPS) is 15.3. The van der Waals surface area contributed by atoms with Crippen molar-refractivity contribution in [2.24, 2.45) is 9.98 Å². The molecule has 3 aromatic heterocycles. The average Bonchev–Trinajstić information content (AvgIpc) is 3.82. The summed E-state index contributed by atoms with van der Waals surface area (Å²) in [6, 6.07) is 44.0. The lowest BCUT2D eigenvalue weighted by atomic mass is 9.97. The van der Waals surface area contributed by atoms with Crippen LogP contribution in [0.25, 0.3) is 77.0 Å². The van der Waals surface area contributed by atoms with Gasteiger partial charge in [0.1, 0.15) is 28.8 Å². The van der Waals surface area contributed by atoms with Crippen LogP contribution in [-0.2, 0) is 0 Å². The Bertz CT molecular complexity index is 2860. The first-order valence-corrected chi connectivity index (χ1v) is 16.1. The first-order chi connectivity index (χ1) is 23.8. The zero-order chi connectivity index (χ0) is 31.3. The molecule has 0 radical (unpaired) electrons. The lowest BCUT2D eigenvalue weighted by Crippen LogP contribution is -2.33. The summed E-state index contributed by atoms with van der Waals surface area (Å²) < 4.78 is 12.5. The number of hydrogen-bond donors (Lipinski definition) is 1. The molecule has 1 unspecified atom stereocenters. The van der Waals surface area contributed by atoms with Crippen molar-refractivity contribution in [2.45, 2.75) is 6.17 Å². The van der Waals surface area contributed by atoms with E-state index in [4.69, 9.17) is 18.8 Å². The van der Waals surface area contributed by atoms with Gasteiger partial charge in [-0.3, -0.25) is 0 Å². The predicted molar refractivity (Wildman–Crippen MR) is 193 cm³/mol. The quantitative estimate of drug-likeness (QED) is 0.214. The molecule has 224 valence electrons. The fraction of sp³-hybridized carbons (Fsp3) is 0.0238. The van der Waals surface area contributed by atoms with E-state index in [0.717, 1.165) is 66.2 Å². The van der Waals surface area contributed by atoms with Crippen LogP contribution >= 0.6 is 0 Å². The van der Waals surface area contributed by atoms with Gasteiger partial charge in [-0.15, -0.1) is 0 Å². The van der Waals surface area contributed by atoms with E-state index >= 15 is 0 Å². The van der Waals surface area contributed by atoms with Crippen LogP contribution in [0.1, 0.15) is 22.9 Å². The third-order valence-corrected chi connectivity index (χ3v) is 9.79. The van der Waals surface area contributed by atoms with Crippen molar-refractivity contribution in [1.29, 1.82) is 0 Å². The highest BCUT2D eigenvalue weighted by atomic mass is 16.3. The SMILES string of the molecule is c1ccc2c(c1)-c1cccc3c(C4=NC(c5cccc6oc7ccccc7c56)NC(c5cccc6oc7ncccc7c56)=N4)ccc-2c13. The lowest BCUT2D eigenvalue weighted by molar-refractivity contribution is 0.654. The summed E-state index contributed by atoms with van der Waals surface area (Å²) in [6.07, 6.45) is 1.31. The smallest absolute Gasteiger partial charge is 0.227 e. The summed E-state index contributed by atoms with van der Waals surface area (Å²) in [4.78, 5) is 15.2. The number of pyridine rings is 1. The number of rotatable bonds is 3. The Morgan fingerprint density at radius 2 is 1.15 bits per heavy atom. The zero-order valence-corrected chi connectivity index (χ0v) is 25.4. The largest absolute Gasteiger partial charge is 0.456 e. The lowest BCUT2D eigenvalue weighted by Gasteiger charge is -2.25. The molecule has 11 rings (SSSR count). The summed E-state index contributed by atoms with van der Waals surface area (Å²) in [5.41, 5.74) is 11.0. The fourth-order valence-electron chi connectivity index (χ4n) is 7.76. The second kappa shape index (κ2) is 9.50. The highest BCUT2D eigenvalue weighted by molar-refractivity contribution is 6.26. The van der Waals surface area contributed by atoms with Gasteiger partial charge in [-0.1, -0.05) is 91.0 Å². The predicted octanol–water partition coefficient (Wildman–Crippen LogP) is 10.2. The summed E-state index contributed by atoms with van der Waals surface area (Å²) in [5.74, 6) is 1.39. The maximum Gasteiger partial charge on any atom is 0.227 e. The minimum atomic E-state index is -0.441. The van der Waals surface area contributed by atoms with Crippen molar-refractivity contribution in [3.63, 3.8) is 0 Å². The van der Waals surface area contributed by atoms with E-state index in [0.29, 0.717) is 11.5 Å². The molecule has 0 spiro atoms. The Morgan fingerprint density at radius 3 is 2.06 bits per heavy atom. The number of aromatic nitrogens is 1. The molecule has 2 aliphatic rings. The van der Waals surface area contributed by atoms with Gasteiger partial charge in [0.2, 0.25) is 5.71 Å². The Labute approximate surface area is 273 Å². The Balaban J connectivity index is 1.18. The van der Waals surface area contributed by atoms with E-state index in [1.54, 1.807) is 6.20 Å². The maximum absolute atomic E-state index is 6.30. The average molecular weight is 617 g/mol. The van der Waals surface area contributed by atoms with Crippen LogP contribution in [0, 0.1) is 0 Å². The minimum absolute atomic E-state index is 0.441. The molecule has 6 heteroatoms. The summed E-state index contributed by atoms with van der Waals surface area (Å²) in [5, 5.41) is 10.1. The van der Waals surface area contributed by atoms with E-state index in [-0.39, 0.29) is 0 Å². The molecule has 1 N–H and O–H groups in total. The number of aliphatic imine (C=N–C) groups is 2. The van der Waals surface area contributed by atoms with Crippen molar-refractivity contribution >= 4 is 66.5 Å². The third-order valence-electron chi connectivity index (χ3n) is 9.79. The van der Waals surface area contributed by atoms with Crippen molar-refractivity contribution in [1.82, 2.24) is 10.3 Å². The monoisotopic (exact) mass is 616 g/mol. The number of nitrogens with zero attached hydrogens (tertiary/aromatic N) is 3. The summed E-state index contributed by atoms with van der Waals surface area (Å²) in [6.45, 7) is 0. The van der Waals surface area contributed by atoms with Crippen molar-refractivity contribution in [3.05, 3.63) is 150 Å². The molecule has 4 heterocycles. The standard InChI is InChI=1S/C42H24N4O2/c1-2-10-24-23(9-1)25-12-5-13-26-28(21-20-27(24)36(25)26)39-44-40(30-14-6-18-34-37(30)29-11-3-4-17-33(29)47-34)46-41(45-39)31-15-7-19-35-38(31)32-16-8-22-43-42(32)48-35/h1-22,40H,(H,44,45,46). The van der Waals surface area contributed by atoms with Gasteiger partial charge in [0.25, 0.3) is 0 Å². The third kappa shape index (κ3) is 3.48. The van der Waals surface area contributed by atoms with Crippen LogP contribution < -0.4 is 5.32 Å². The van der Waals surface area contributed by atoms with Crippen molar-refractivity contribution in [2.75, 3.05) is 0 Å². The molecule has 1 aliphatic heterocycles. The van der Waals surface area contributed by atoms with Crippen LogP contribution in [0.3, 0.4) is 0 Å². The zero-order valence-electron chi connectivity index (χ0n) is 25.4. The number of furan rings is 2. The van der Waals surface area contributed by atoms with Gasteiger partial charge < -0.3 is 14.2 Å². The first-order valence-electron chi connectivity index (χ1n) is 16.1. The Morgan fingerprint density at radius 1 is 0.479 bits per heavy atom. The molecule has 0 saturated carbocycles. The highest BCUT2D eigenvalue weighted by Crippen LogP contribution is 2.48. The molecular formula is C42H24N4O2. The molecule has 9 aromatic rings. The molecule has 1 aliphatic carbocycles. The highest BCUT2D eigenvalue weighted by Gasteiger charge is 2.28. The number of hydrogen-bond acceptors (Lipinski definition) is 6. The van der Waals surface area contributed by atoms with Crippen LogP contribution in [-0.4, -0.2) is 16.7 Å². The van der Waals surface area contributed by atoms with Gasteiger partial charge in [-0.25, -0.2) is 15.0 Å². The van der Waals surface area contributed by atoms with Gasteiger partial charge in [0, 0.05) is 44.4 Å². The Kier molecular flexibility index (Phi) is 5.07. The van der Waals surface area contributed by atoms with Crippen LogP contribution in [0.2, 0.25) is 0 Å². The number of fused-ring (bicyclic) bond motifs is 9. The molecule has 6 nitrogen and oxygen atoms in total. The molecular weight excluding hydrogens is 592 g/mol. The van der Waals surface area contributed by atoms with E-state index < -0.39 is 6.17 Å². The van der Waals surface area contributed by atoms with Crippen LogP contribution in [0.15, 0.2) is 152 Å². The fourth-order valence-corrected chi connectivity index (χ4v) is 7.76. The van der Waals surface area contributed by atoms with E-state index in [1.165, 1.54) is 27.6 Å². The number of nitrogens with one attached hydrogen (secondary N) is 1. The summed E-state index contributed by atoms with van der Waals surface area (Å²) >= 11 is 0. The van der Waals surface area contributed by atoms with Gasteiger partial charge in [-0.05, 0) is 69.4 Å². The van der Waals surface area contributed by atoms with Gasteiger partial charge in [-0.2, -0.15) is 0 Å². The van der Waals surface area contributed by atoms with Gasteiger partial charge in [0.05, 0.1) is 0 Å². The van der Waals surface area contributed by atoms with E-state index in [1.807, 2.05) is 54.6 Å². The summed E-state index contributed by atoms with van der Waals surface area (Å²) in [7, 11) is 0. The maximum atomic E-state index is 6.30. The van der Waals surface area contributed by atoms with E-state index in [9.17, 15) is 0 Å². The topological polar surface area (TPSA) is 75.9 Å². The second-order valence-electron chi connectivity index (χ2n) is 12.3. The van der Waals surface area contributed by atoms with E-state index in [2.05, 4.69) is 83.1 Å². The van der Waals surface area contributed by atoms with Crippen molar-refractivity contribution < 1.29 is 8.83 Å². The first kappa shape index (κ1) is 25.6. The number of benzene rings is 6. The Hall–Kier alpha value is -6.53. The second-order valence-corrected chi connectivity index (χ2v) is 12.3. The van der Waals surface area contributed by atoms with Gasteiger partial charge >= 0.3 is 0 Å². The molecule has 6 aromatic carbocycles. The number of para-hydroxylation sites is 1. The molecule has 48 heavy (non-hydrogen) atoms. The molecule has 0 fully saturated rings.